The number of hydrogen-bond donors (Lipinski definition) is 0. The third-order valence-corrected chi connectivity index (χ3v) is 9.61. The van der Waals surface area contributed by atoms with Crippen LogP contribution in [0.25, 0.3) is 10.9 Å². The van der Waals surface area contributed by atoms with Crippen molar-refractivity contribution in [2.24, 2.45) is 0 Å². The van der Waals surface area contributed by atoms with Crippen molar-refractivity contribution in [2.75, 3.05) is 12.0 Å². The van der Waals surface area contributed by atoms with Crippen LogP contribution in [-0.4, -0.2) is 38.8 Å². The summed E-state index contributed by atoms with van der Waals surface area (Å²) in [7, 11) is -4.99. The van der Waals surface area contributed by atoms with Crippen LogP contribution in [0.4, 0.5) is 11.4 Å². The predicted octanol–water partition coefficient (Wildman–Crippen LogP) is 5.05. The van der Waals surface area contributed by atoms with Crippen molar-refractivity contribution >= 4 is 47.5 Å². The number of anilines is 2. The molecule has 1 aliphatic heterocycles. The van der Waals surface area contributed by atoms with Gasteiger partial charge in [-0.25, -0.2) is 12.4 Å². The molecule has 0 radical (unpaired) electrons. The zero-order valence-electron chi connectivity index (χ0n) is 20.9. The predicted molar refractivity (Wildman–Crippen MR) is 153 cm³/mol. The molecule has 39 heavy (non-hydrogen) atoms. The standard InChI is InChI=1S/C30H24N2O5S2/c1-37-24-16-17-27-21(19-24)18-23(32(27)39(35,36)25-12-6-3-7-13-25)20-29-30(38(33)34)26-14-8-9-15-28(26)31(29)22-10-4-2-5-11-22/h2-19,29H,20H2,1H3. The molecule has 2 heterocycles. The molecule has 1 aromatic heterocycles. The van der Waals surface area contributed by atoms with Gasteiger partial charge in [-0.15, -0.1) is 0 Å². The molecule has 1 unspecified atom stereocenters. The summed E-state index contributed by atoms with van der Waals surface area (Å²) >= 11 is 0. The van der Waals surface area contributed by atoms with E-state index in [0.717, 1.165) is 11.4 Å². The molecule has 0 fully saturated rings. The minimum Gasteiger partial charge on any atom is -0.497 e. The van der Waals surface area contributed by atoms with E-state index in [9.17, 15) is 16.8 Å². The van der Waals surface area contributed by atoms with Gasteiger partial charge in [0.1, 0.15) is 10.6 Å². The minimum absolute atomic E-state index is 0.121. The van der Waals surface area contributed by atoms with E-state index in [0.29, 0.717) is 27.9 Å². The number of para-hydroxylation sites is 2. The van der Waals surface area contributed by atoms with E-state index < -0.39 is 26.4 Å². The van der Waals surface area contributed by atoms with Gasteiger partial charge in [0.25, 0.3) is 10.0 Å². The molecule has 0 N–H and O–H groups in total. The first kappa shape index (κ1) is 25.0. The van der Waals surface area contributed by atoms with Crippen LogP contribution in [-0.2, 0) is 26.7 Å². The SMILES string of the molecule is COc1ccc2c(c1)cc(CC1C(=S(=O)=O)c3ccccc3N1c1ccccc1)n2S(=O)(=O)c1ccccc1. The van der Waals surface area contributed by atoms with Crippen molar-refractivity contribution in [3.8, 4) is 5.75 Å². The molecule has 9 heteroatoms. The van der Waals surface area contributed by atoms with Gasteiger partial charge in [-0.05, 0) is 54.6 Å². The first-order chi connectivity index (χ1) is 18.9. The highest BCUT2D eigenvalue weighted by atomic mass is 32.2. The third-order valence-electron chi connectivity index (χ3n) is 6.98. The van der Waals surface area contributed by atoms with Crippen LogP contribution in [0.2, 0.25) is 0 Å². The highest BCUT2D eigenvalue weighted by Gasteiger charge is 2.38. The highest BCUT2D eigenvalue weighted by molar-refractivity contribution is 7.90. The number of nitrogens with zero attached hydrogens (tertiary/aromatic N) is 2. The van der Waals surface area contributed by atoms with Crippen LogP contribution in [0.3, 0.4) is 0 Å². The molecule has 5 aromatic rings. The van der Waals surface area contributed by atoms with Gasteiger partial charge < -0.3 is 9.64 Å². The van der Waals surface area contributed by atoms with Crippen LogP contribution >= 0.6 is 0 Å². The van der Waals surface area contributed by atoms with Crippen LogP contribution in [0.1, 0.15) is 11.3 Å². The van der Waals surface area contributed by atoms with Gasteiger partial charge in [0.2, 0.25) is 10.3 Å². The Morgan fingerprint density at radius 1 is 0.821 bits per heavy atom. The lowest BCUT2D eigenvalue weighted by molar-refractivity contribution is 0.415. The molecule has 6 rings (SSSR count). The smallest absolute Gasteiger partial charge is 0.268 e. The maximum Gasteiger partial charge on any atom is 0.268 e. The van der Waals surface area contributed by atoms with Crippen molar-refractivity contribution in [2.45, 2.75) is 17.4 Å². The molecule has 7 nitrogen and oxygen atoms in total. The maximum atomic E-state index is 14.0. The van der Waals surface area contributed by atoms with E-state index in [1.165, 1.54) is 3.97 Å². The van der Waals surface area contributed by atoms with E-state index in [1.807, 2.05) is 47.4 Å². The fourth-order valence-electron chi connectivity index (χ4n) is 5.32. The van der Waals surface area contributed by atoms with Crippen molar-refractivity contribution in [3.63, 3.8) is 0 Å². The van der Waals surface area contributed by atoms with Crippen LogP contribution in [0.5, 0.6) is 5.75 Å². The molecule has 0 amide bonds. The van der Waals surface area contributed by atoms with Gasteiger partial charge in [-0.1, -0.05) is 54.6 Å². The number of ether oxygens (including phenoxy) is 1. The van der Waals surface area contributed by atoms with Gasteiger partial charge >= 0.3 is 0 Å². The number of methoxy groups -OCH3 is 1. The van der Waals surface area contributed by atoms with E-state index in [1.54, 1.807) is 73.8 Å². The lowest BCUT2D eigenvalue weighted by Crippen LogP contribution is -2.35. The number of benzene rings is 4. The summed E-state index contributed by atoms with van der Waals surface area (Å²) in [4.78, 5) is 2.34. The Morgan fingerprint density at radius 2 is 1.49 bits per heavy atom. The topological polar surface area (TPSA) is 85.7 Å². The Labute approximate surface area is 228 Å². The van der Waals surface area contributed by atoms with E-state index in [-0.39, 0.29) is 16.2 Å². The van der Waals surface area contributed by atoms with Crippen LogP contribution < -0.4 is 9.64 Å². The Hall–Kier alpha value is -4.34. The van der Waals surface area contributed by atoms with Gasteiger partial charge in [0.15, 0.2) is 0 Å². The van der Waals surface area contributed by atoms with E-state index in [2.05, 4.69) is 0 Å². The number of rotatable bonds is 6. The maximum absolute atomic E-state index is 14.0. The summed E-state index contributed by atoms with van der Waals surface area (Å²) in [5.41, 5.74) is 3.12. The molecular formula is C30H24N2O5S2. The average Bonchev–Trinajstić information content (AvgIpc) is 3.49. The van der Waals surface area contributed by atoms with Crippen molar-refractivity contribution in [1.82, 2.24) is 3.97 Å². The largest absolute Gasteiger partial charge is 0.497 e. The number of aromatic nitrogens is 1. The van der Waals surface area contributed by atoms with Gasteiger partial charge in [-0.2, -0.15) is 8.42 Å². The Kier molecular flexibility index (Phi) is 6.25. The zero-order valence-corrected chi connectivity index (χ0v) is 22.6. The molecule has 0 saturated heterocycles. The third kappa shape index (κ3) is 4.20. The summed E-state index contributed by atoms with van der Waals surface area (Å²) in [5.74, 6) is 0.593. The monoisotopic (exact) mass is 556 g/mol. The molecule has 1 atom stereocenters. The van der Waals surface area contributed by atoms with Gasteiger partial charge in [0.05, 0.1) is 29.3 Å². The molecule has 1 aliphatic rings. The molecule has 4 aromatic carbocycles. The summed E-state index contributed by atoms with van der Waals surface area (Å²) in [6.45, 7) is 0. The second-order valence-electron chi connectivity index (χ2n) is 9.18. The van der Waals surface area contributed by atoms with Crippen LogP contribution in [0.15, 0.2) is 114 Å². The zero-order chi connectivity index (χ0) is 27.1. The Balaban J connectivity index is 1.59. The fraction of sp³-hybridized carbons (Fsp3) is 0.100. The molecule has 0 bridgehead atoms. The lowest BCUT2D eigenvalue weighted by Gasteiger charge is -2.27. The first-order valence-electron chi connectivity index (χ1n) is 12.3. The molecule has 0 saturated carbocycles. The van der Waals surface area contributed by atoms with Crippen molar-refractivity contribution in [3.05, 3.63) is 120 Å². The molecular weight excluding hydrogens is 532 g/mol. The number of fused-ring (bicyclic) bond motifs is 2. The molecule has 196 valence electrons. The van der Waals surface area contributed by atoms with Gasteiger partial charge in [0, 0.05) is 28.8 Å². The fourth-order valence-corrected chi connectivity index (χ4v) is 7.66. The Morgan fingerprint density at radius 3 is 2.18 bits per heavy atom. The van der Waals surface area contributed by atoms with Crippen LogP contribution in [0, 0.1) is 0 Å². The summed E-state index contributed by atoms with van der Waals surface area (Å²) < 4.78 is 60.2. The van der Waals surface area contributed by atoms with Gasteiger partial charge in [-0.3, -0.25) is 0 Å². The van der Waals surface area contributed by atoms with E-state index in [4.69, 9.17) is 4.74 Å². The van der Waals surface area contributed by atoms with Crippen molar-refractivity contribution < 1.29 is 21.6 Å². The quantitative estimate of drug-likeness (QED) is 0.272. The molecule has 0 aliphatic carbocycles. The summed E-state index contributed by atoms with van der Waals surface area (Å²) in [6, 6.07) is 31.4. The number of hydrogen-bond acceptors (Lipinski definition) is 6. The first-order valence-corrected chi connectivity index (χ1v) is 14.8. The second-order valence-corrected chi connectivity index (χ2v) is 11.9. The minimum atomic E-state index is -4.01. The molecule has 0 spiro atoms. The van der Waals surface area contributed by atoms with E-state index >= 15 is 0 Å². The summed E-state index contributed by atoms with van der Waals surface area (Å²) in [5, 5.41) is 0.676. The highest BCUT2D eigenvalue weighted by Crippen LogP contribution is 2.40. The Bertz CT molecular complexity index is 1940. The summed E-state index contributed by atoms with van der Waals surface area (Å²) in [6.07, 6.45) is 0.121. The lowest BCUT2D eigenvalue weighted by atomic mass is 10.1. The van der Waals surface area contributed by atoms with Crippen molar-refractivity contribution in [1.29, 1.82) is 0 Å². The normalized spacial score (nSPS) is 14.9. The average molecular weight is 557 g/mol. The second kappa shape index (κ2) is 9.76.